The van der Waals surface area contributed by atoms with Gasteiger partial charge in [-0.25, -0.2) is 0 Å². The van der Waals surface area contributed by atoms with E-state index in [1.54, 1.807) is 0 Å². The van der Waals surface area contributed by atoms with Crippen molar-refractivity contribution in [3.8, 4) is 0 Å². The third kappa shape index (κ3) is 1.30. The lowest BCUT2D eigenvalue weighted by Crippen LogP contribution is -2.39. The van der Waals surface area contributed by atoms with Crippen molar-refractivity contribution < 1.29 is 4.79 Å². The Kier molecular flexibility index (Phi) is 1.79. The van der Waals surface area contributed by atoms with Gasteiger partial charge < -0.3 is 4.90 Å². The molecule has 2 heterocycles. The Morgan fingerprint density at radius 1 is 1.62 bits per heavy atom. The Morgan fingerprint density at radius 3 is 3.15 bits per heavy atom. The van der Waals surface area contributed by atoms with E-state index in [0.717, 1.165) is 18.0 Å². The summed E-state index contributed by atoms with van der Waals surface area (Å²) in [7, 11) is 0. The Balaban J connectivity index is 2.39. The predicted molar refractivity (Wildman–Crippen MR) is 51.2 cm³/mol. The molecule has 1 unspecified atom stereocenters. The number of hydrogen-bond donors (Lipinski definition) is 0. The van der Waals surface area contributed by atoms with Crippen LogP contribution in [-0.4, -0.2) is 23.2 Å². The number of fused-ring (bicyclic) bond motifs is 1. The van der Waals surface area contributed by atoms with Crippen LogP contribution in [0.2, 0.25) is 0 Å². The number of aliphatic imine (C=N–C) groups is 1. The average Bonchev–Trinajstić information content (AvgIpc) is 2.09. The van der Waals surface area contributed by atoms with E-state index in [0.29, 0.717) is 0 Å². The number of hydrogen-bond acceptors (Lipinski definition) is 2. The van der Waals surface area contributed by atoms with Gasteiger partial charge in [-0.3, -0.25) is 4.79 Å². The van der Waals surface area contributed by atoms with Crippen LogP contribution in [0.3, 0.4) is 0 Å². The predicted octanol–water partition coefficient (Wildman–Crippen LogP) is 1.34. The van der Waals surface area contributed by atoms with Crippen LogP contribution in [0.1, 0.15) is 13.8 Å². The summed E-state index contributed by atoms with van der Waals surface area (Å²) in [6.07, 6.45) is 5.92. The van der Waals surface area contributed by atoms with Crippen LogP contribution < -0.4 is 0 Å². The summed E-state index contributed by atoms with van der Waals surface area (Å²) >= 11 is 0. The standard InChI is InChI=1S/C10H12N2O/c1-7-4-3-5-12-6-8(2)10(13)11-9(7)12/h3-5,8H,6H2,1-2H3. The zero-order valence-corrected chi connectivity index (χ0v) is 7.82. The number of allylic oxidation sites excluding steroid dienone is 2. The van der Waals surface area contributed by atoms with Crippen LogP contribution in [0.15, 0.2) is 28.9 Å². The van der Waals surface area contributed by atoms with E-state index in [1.807, 2.05) is 37.1 Å². The third-order valence-electron chi connectivity index (χ3n) is 2.35. The minimum absolute atomic E-state index is 0.00528. The zero-order chi connectivity index (χ0) is 9.42. The molecule has 0 radical (unpaired) electrons. The van der Waals surface area contributed by atoms with Crippen molar-refractivity contribution in [3.05, 3.63) is 23.9 Å². The lowest BCUT2D eigenvalue weighted by atomic mass is 10.1. The summed E-state index contributed by atoms with van der Waals surface area (Å²) in [5, 5.41) is 0. The molecule has 68 valence electrons. The second-order valence-corrected chi connectivity index (χ2v) is 3.52. The lowest BCUT2D eigenvalue weighted by Gasteiger charge is -2.30. The first-order valence-corrected chi connectivity index (χ1v) is 4.43. The first kappa shape index (κ1) is 8.23. The smallest absolute Gasteiger partial charge is 0.252 e. The number of nitrogens with zero attached hydrogens (tertiary/aromatic N) is 2. The number of amides is 1. The van der Waals surface area contributed by atoms with E-state index in [1.165, 1.54) is 0 Å². The van der Waals surface area contributed by atoms with E-state index in [9.17, 15) is 4.79 Å². The third-order valence-corrected chi connectivity index (χ3v) is 2.35. The van der Waals surface area contributed by atoms with E-state index < -0.39 is 0 Å². The van der Waals surface area contributed by atoms with Crippen molar-refractivity contribution in [3.63, 3.8) is 0 Å². The second-order valence-electron chi connectivity index (χ2n) is 3.52. The summed E-state index contributed by atoms with van der Waals surface area (Å²) in [5.41, 5.74) is 1.06. The molecule has 0 N–H and O–H groups in total. The molecule has 0 aliphatic carbocycles. The molecule has 2 rings (SSSR count). The van der Waals surface area contributed by atoms with Crippen molar-refractivity contribution in [2.24, 2.45) is 10.9 Å². The van der Waals surface area contributed by atoms with Gasteiger partial charge in [0, 0.05) is 12.7 Å². The fraction of sp³-hybridized carbons (Fsp3) is 0.400. The van der Waals surface area contributed by atoms with E-state index in [-0.39, 0.29) is 11.8 Å². The summed E-state index contributed by atoms with van der Waals surface area (Å²) in [6.45, 7) is 4.63. The first-order chi connectivity index (χ1) is 6.18. The number of carbonyl (C=O) groups excluding carboxylic acids is 1. The van der Waals surface area contributed by atoms with E-state index in [4.69, 9.17) is 0 Å². The molecule has 0 aromatic rings. The van der Waals surface area contributed by atoms with Gasteiger partial charge in [-0.1, -0.05) is 13.0 Å². The molecule has 0 bridgehead atoms. The van der Waals surface area contributed by atoms with Crippen LogP contribution in [0.5, 0.6) is 0 Å². The molecule has 3 heteroatoms. The van der Waals surface area contributed by atoms with Crippen LogP contribution in [0, 0.1) is 5.92 Å². The highest BCUT2D eigenvalue weighted by Crippen LogP contribution is 2.18. The van der Waals surface area contributed by atoms with Gasteiger partial charge in [0.15, 0.2) is 0 Å². The fourth-order valence-electron chi connectivity index (χ4n) is 1.55. The monoisotopic (exact) mass is 176 g/mol. The van der Waals surface area contributed by atoms with Crippen molar-refractivity contribution in [1.29, 1.82) is 0 Å². The molecular formula is C10H12N2O. The van der Waals surface area contributed by atoms with Gasteiger partial charge in [-0.05, 0) is 18.6 Å². The molecule has 0 spiro atoms. The minimum Gasteiger partial charge on any atom is -0.332 e. The molecule has 0 aromatic heterocycles. The largest absolute Gasteiger partial charge is 0.332 e. The Morgan fingerprint density at radius 2 is 2.38 bits per heavy atom. The molecule has 1 amide bonds. The summed E-state index contributed by atoms with van der Waals surface area (Å²) in [6, 6.07) is 0. The molecule has 0 saturated heterocycles. The molecule has 1 atom stereocenters. The zero-order valence-electron chi connectivity index (χ0n) is 7.82. The highest BCUT2D eigenvalue weighted by atomic mass is 16.1. The van der Waals surface area contributed by atoms with Crippen molar-refractivity contribution >= 4 is 11.7 Å². The average molecular weight is 176 g/mol. The SMILES string of the molecule is CC1=CC=CN2CC(C)C(=O)N=C12. The minimum atomic E-state index is -0.00528. The first-order valence-electron chi connectivity index (χ1n) is 4.43. The molecule has 13 heavy (non-hydrogen) atoms. The number of amidine groups is 1. The molecule has 0 aromatic carbocycles. The van der Waals surface area contributed by atoms with Crippen molar-refractivity contribution in [2.45, 2.75) is 13.8 Å². The van der Waals surface area contributed by atoms with Crippen molar-refractivity contribution in [2.75, 3.05) is 6.54 Å². The number of rotatable bonds is 0. The second kappa shape index (κ2) is 2.83. The van der Waals surface area contributed by atoms with E-state index >= 15 is 0 Å². The molecule has 0 fully saturated rings. The van der Waals surface area contributed by atoms with Crippen molar-refractivity contribution in [1.82, 2.24) is 4.90 Å². The maximum atomic E-state index is 11.3. The molecule has 0 saturated carbocycles. The van der Waals surface area contributed by atoms with Crippen LogP contribution in [-0.2, 0) is 4.79 Å². The maximum Gasteiger partial charge on any atom is 0.252 e. The molecular weight excluding hydrogens is 164 g/mol. The van der Waals surface area contributed by atoms with E-state index in [2.05, 4.69) is 4.99 Å². The topological polar surface area (TPSA) is 32.7 Å². The fourth-order valence-corrected chi connectivity index (χ4v) is 1.55. The molecule has 2 aliphatic heterocycles. The lowest BCUT2D eigenvalue weighted by molar-refractivity contribution is -0.121. The van der Waals surface area contributed by atoms with Gasteiger partial charge in [0.05, 0.1) is 5.92 Å². The number of carbonyl (C=O) groups is 1. The summed E-state index contributed by atoms with van der Waals surface area (Å²) < 4.78 is 0. The maximum absolute atomic E-state index is 11.3. The Labute approximate surface area is 77.4 Å². The van der Waals surface area contributed by atoms with Crippen LogP contribution >= 0.6 is 0 Å². The van der Waals surface area contributed by atoms with Gasteiger partial charge >= 0.3 is 0 Å². The van der Waals surface area contributed by atoms with Gasteiger partial charge in [0.1, 0.15) is 5.84 Å². The summed E-state index contributed by atoms with van der Waals surface area (Å²) in [4.78, 5) is 17.4. The van der Waals surface area contributed by atoms with Crippen LogP contribution in [0.4, 0.5) is 0 Å². The van der Waals surface area contributed by atoms with Gasteiger partial charge in [-0.2, -0.15) is 4.99 Å². The molecule has 2 aliphatic rings. The Hall–Kier alpha value is -1.38. The molecule has 3 nitrogen and oxygen atoms in total. The Bertz CT molecular complexity index is 339. The van der Waals surface area contributed by atoms with Crippen LogP contribution in [0.25, 0.3) is 0 Å². The van der Waals surface area contributed by atoms with Gasteiger partial charge in [0.2, 0.25) is 0 Å². The highest BCUT2D eigenvalue weighted by Gasteiger charge is 2.26. The summed E-state index contributed by atoms with van der Waals surface area (Å²) in [5.74, 6) is 0.819. The quantitative estimate of drug-likeness (QED) is 0.558. The highest BCUT2D eigenvalue weighted by molar-refractivity contribution is 6.07. The van der Waals surface area contributed by atoms with Gasteiger partial charge in [-0.15, -0.1) is 0 Å². The van der Waals surface area contributed by atoms with Gasteiger partial charge in [0.25, 0.3) is 5.91 Å². The normalized spacial score (nSPS) is 26.8.